The molecule has 20 heavy (non-hydrogen) atoms. The molecule has 0 saturated carbocycles. The van der Waals surface area contributed by atoms with E-state index in [-0.39, 0.29) is 12.5 Å². The number of nitrogens with zero attached hydrogens (tertiary/aromatic N) is 1. The number of benzene rings is 1. The Kier molecular flexibility index (Phi) is 5.09. The van der Waals surface area contributed by atoms with Crippen LogP contribution in [0.3, 0.4) is 0 Å². The highest BCUT2D eigenvalue weighted by Gasteiger charge is 2.09. The van der Waals surface area contributed by atoms with Crippen LogP contribution in [0.4, 0.5) is 11.5 Å². The van der Waals surface area contributed by atoms with E-state index in [4.69, 9.17) is 5.11 Å². The summed E-state index contributed by atoms with van der Waals surface area (Å²) in [5, 5.41) is 14.4. The van der Waals surface area contributed by atoms with Crippen LogP contribution in [0.5, 0.6) is 0 Å². The molecule has 104 valence electrons. The largest absolute Gasteiger partial charge is 0.395 e. The summed E-state index contributed by atoms with van der Waals surface area (Å²) in [6.07, 6.45) is 1.56. The number of amides is 1. The third-order valence-electron chi connectivity index (χ3n) is 2.56. The molecule has 1 heterocycles. The highest BCUT2D eigenvalue weighted by atomic mass is 79.9. The molecule has 2 rings (SSSR count). The average molecular weight is 336 g/mol. The Balaban J connectivity index is 2.03. The fraction of sp³-hybridized carbons (Fsp3) is 0.143. The number of anilines is 2. The van der Waals surface area contributed by atoms with Gasteiger partial charge < -0.3 is 15.7 Å². The predicted molar refractivity (Wildman–Crippen MR) is 81.9 cm³/mol. The van der Waals surface area contributed by atoms with Gasteiger partial charge in [-0.25, -0.2) is 4.98 Å². The second-order valence-corrected chi connectivity index (χ2v) is 4.87. The van der Waals surface area contributed by atoms with Gasteiger partial charge in [-0.2, -0.15) is 0 Å². The molecule has 0 fully saturated rings. The van der Waals surface area contributed by atoms with Crippen molar-refractivity contribution in [3.8, 4) is 0 Å². The van der Waals surface area contributed by atoms with Crippen molar-refractivity contribution in [2.75, 3.05) is 23.8 Å². The van der Waals surface area contributed by atoms with E-state index in [0.29, 0.717) is 23.6 Å². The van der Waals surface area contributed by atoms with Gasteiger partial charge in [0.2, 0.25) is 0 Å². The highest BCUT2D eigenvalue weighted by Crippen LogP contribution is 2.18. The summed E-state index contributed by atoms with van der Waals surface area (Å²) in [5.74, 6) is 0.452. The Morgan fingerprint density at radius 3 is 2.70 bits per heavy atom. The van der Waals surface area contributed by atoms with Crippen LogP contribution in [0.2, 0.25) is 0 Å². The third-order valence-corrected chi connectivity index (χ3v) is 3.25. The van der Waals surface area contributed by atoms with Crippen molar-refractivity contribution < 1.29 is 9.90 Å². The minimum Gasteiger partial charge on any atom is -0.395 e. The van der Waals surface area contributed by atoms with Crippen molar-refractivity contribution >= 4 is 33.3 Å². The maximum atomic E-state index is 12.1. The van der Waals surface area contributed by atoms with E-state index in [9.17, 15) is 4.79 Å². The molecule has 2 aromatic rings. The molecule has 0 aliphatic rings. The first-order chi connectivity index (χ1) is 9.70. The smallest absolute Gasteiger partial charge is 0.256 e. The van der Waals surface area contributed by atoms with Crippen molar-refractivity contribution in [1.29, 1.82) is 0 Å². The Bertz CT molecular complexity index is 587. The Hall–Kier alpha value is -1.92. The summed E-state index contributed by atoms with van der Waals surface area (Å²) in [7, 11) is 0. The fourth-order valence-electron chi connectivity index (χ4n) is 1.60. The van der Waals surface area contributed by atoms with E-state index < -0.39 is 0 Å². The molecular weight excluding hydrogens is 322 g/mol. The number of nitrogens with one attached hydrogen (secondary N) is 2. The number of pyridine rings is 1. The number of hydrogen-bond donors (Lipinski definition) is 3. The minimum atomic E-state index is -0.199. The quantitative estimate of drug-likeness (QED) is 0.784. The van der Waals surface area contributed by atoms with E-state index in [2.05, 4.69) is 31.5 Å². The summed E-state index contributed by atoms with van der Waals surface area (Å²) in [5.41, 5.74) is 1.18. The van der Waals surface area contributed by atoms with Crippen LogP contribution >= 0.6 is 15.9 Å². The van der Waals surface area contributed by atoms with Crippen molar-refractivity contribution in [2.24, 2.45) is 0 Å². The molecule has 0 radical (unpaired) electrons. The summed E-state index contributed by atoms with van der Waals surface area (Å²) in [4.78, 5) is 16.2. The lowest BCUT2D eigenvalue weighted by Gasteiger charge is -2.08. The fourth-order valence-corrected chi connectivity index (χ4v) is 2.06. The molecule has 0 aliphatic heterocycles. The molecule has 0 atom stereocenters. The molecule has 0 unspecified atom stereocenters. The van der Waals surface area contributed by atoms with Crippen LogP contribution in [0.25, 0.3) is 0 Å². The Labute approximate surface area is 125 Å². The lowest BCUT2D eigenvalue weighted by atomic mass is 10.2. The molecule has 1 aromatic heterocycles. The van der Waals surface area contributed by atoms with E-state index in [1.54, 1.807) is 30.5 Å². The molecule has 0 spiro atoms. The molecule has 1 aromatic carbocycles. The Morgan fingerprint density at radius 2 is 2.05 bits per heavy atom. The lowest BCUT2D eigenvalue weighted by molar-refractivity contribution is 0.102. The number of hydrogen-bond acceptors (Lipinski definition) is 4. The van der Waals surface area contributed by atoms with Gasteiger partial charge in [0.05, 0.1) is 24.1 Å². The maximum Gasteiger partial charge on any atom is 0.256 e. The van der Waals surface area contributed by atoms with Gasteiger partial charge in [-0.05, 0) is 40.2 Å². The van der Waals surface area contributed by atoms with Crippen molar-refractivity contribution in [2.45, 2.75) is 0 Å². The first-order valence-electron chi connectivity index (χ1n) is 6.07. The normalized spacial score (nSPS) is 10.1. The molecule has 6 heteroatoms. The number of aromatic nitrogens is 1. The van der Waals surface area contributed by atoms with Gasteiger partial charge in [-0.3, -0.25) is 4.79 Å². The SMILES string of the molecule is O=C(Nc1ccc(NCCO)nc1)c1ccccc1Br. The third kappa shape index (κ3) is 3.79. The van der Waals surface area contributed by atoms with Crippen molar-refractivity contribution in [1.82, 2.24) is 4.98 Å². The average Bonchev–Trinajstić information content (AvgIpc) is 2.47. The second-order valence-electron chi connectivity index (χ2n) is 4.02. The zero-order valence-electron chi connectivity index (χ0n) is 10.6. The van der Waals surface area contributed by atoms with Gasteiger partial charge in [0, 0.05) is 11.0 Å². The van der Waals surface area contributed by atoms with Crippen LogP contribution in [-0.2, 0) is 0 Å². The first kappa shape index (κ1) is 14.5. The van der Waals surface area contributed by atoms with Gasteiger partial charge in [0.1, 0.15) is 5.82 Å². The number of rotatable bonds is 5. The second kappa shape index (κ2) is 7.02. The van der Waals surface area contributed by atoms with E-state index in [1.165, 1.54) is 0 Å². The van der Waals surface area contributed by atoms with Gasteiger partial charge in [0.25, 0.3) is 5.91 Å². The standard InChI is InChI=1S/C14H14BrN3O2/c15-12-4-2-1-3-11(12)14(20)18-10-5-6-13(17-9-10)16-7-8-19/h1-6,9,19H,7-8H2,(H,16,17)(H,18,20). The molecule has 0 aliphatic carbocycles. The summed E-state index contributed by atoms with van der Waals surface area (Å²) >= 11 is 3.34. The molecule has 3 N–H and O–H groups in total. The van der Waals surface area contributed by atoms with E-state index in [1.807, 2.05) is 12.1 Å². The van der Waals surface area contributed by atoms with Gasteiger partial charge >= 0.3 is 0 Å². The highest BCUT2D eigenvalue weighted by molar-refractivity contribution is 9.10. The minimum absolute atomic E-state index is 0.0439. The summed E-state index contributed by atoms with van der Waals surface area (Å²) in [6, 6.07) is 10.7. The van der Waals surface area contributed by atoms with Crippen LogP contribution < -0.4 is 10.6 Å². The topological polar surface area (TPSA) is 74.2 Å². The molecule has 0 saturated heterocycles. The monoisotopic (exact) mass is 335 g/mol. The lowest BCUT2D eigenvalue weighted by Crippen LogP contribution is -2.13. The molecule has 0 bridgehead atoms. The van der Waals surface area contributed by atoms with Gasteiger partial charge in [-0.1, -0.05) is 12.1 Å². The molecular formula is C14H14BrN3O2. The van der Waals surface area contributed by atoms with Crippen molar-refractivity contribution in [3.63, 3.8) is 0 Å². The van der Waals surface area contributed by atoms with E-state index >= 15 is 0 Å². The number of aliphatic hydroxyl groups excluding tert-OH is 1. The van der Waals surface area contributed by atoms with E-state index in [0.717, 1.165) is 4.47 Å². The van der Waals surface area contributed by atoms with Gasteiger partial charge in [0.15, 0.2) is 0 Å². The number of aliphatic hydroxyl groups is 1. The van der Waals surface area contributed by atoms with Crippen LogP contribution in [0, 0.1) is 0 Å². The zero-order chi connectivity index (χ0) is 14.4. The van der Waals surface area contributed by atoms with Crippen LogP contribution in [-0.4, -0.2) is 29.1 Å². The number of halogens is 1. The van der Waals surface area contributed by atoms with Gasteiger partial charge in [-0.15, -0.1) is 0 Å². The molecule has 1 amide bonds. The first-order valence-corrected chi connectivity index (χ1v) is 6.86. The summed E-state index contributed by atoms with van der Waals surface area (Å²) in [6.45, 7) is 0.484. The maximum absolute atomic E-state index is 12.1. The van der Waals surface area contributed by atoms with Crippen LogP contribution in [0.15, 0.2) is 47.1 Å². The zero-order valence-corrected chi connectivity index (χ0v) is 12.2. The summed E-state index contributed by atoms with van der Waals surface area (Å²) < 4.78 is 0.742. The predicted octanol–water partition coefficient (Wildman–Crippen LogP) is 2.50. The van der Waals surface area contributed by atoms with Crippen molar-refractivity contribution in [3.05, 3.63) is 52.6 Å². The number of carbonyl (C=O) groups is 1. The molecule has 5 nitrogen and oxygen atoms in total. The van der Waals surface area contributed by atoms with Crippen LogP contribution in [0.1, 0.15) is 10.4 Å². The number of carbonyl (C=O) groups excluding carboxylic acids is 1. The Morgan fingerprint density at radius 1 is 1.25 bits per heavy atom.